The van der Waals surface area contributed by atoms with Crippen molar-refractivity contribution in [3.8, 4) is 5.88 Å². The van der Waals surface area contributed by atoms with Gasteiger partial charge in [-0.25, -0.2) is 19.2 Å². The van der Waals surface area contributed by atoms with Crippen LogP contribution >= 0.6 is 11.6 Å². The van der Waals surface area contributed by atoms with Gasteiger partial charge in [0.2, 0.25) is 5.88 Å². The number of benzene rings is 2. The molecule has 1 fully saturated rings. The zero-order valence-corrected chi connectivity index (χ0v) is 22.5. The SMILES string of the molecule is O=C(O)c1ccc2nc(CN3CC=C(c4cccc(OCc5cc(Cl)ccc5F)n4)CC3)n(C[C@@H]3CCO3)c2c1. The van der Waals surface area contributed by atoms with Gasteiger partial charge in [-0.1, -0.05) is 23.7 Å². The highest BCUT2D eigenvalue weighted by Crippen LogP contribution is 2.27. The van der Waals surface area contributed by atoms with Gasteiger partial charge in [0.25, 0.3) is 0 Å². The molecular weight excluding hydrogens is 535 g/mol. The standard InChI is InChI=1S/C30H28ClFN4O4/c31-22-5-6-24(32)21(14-22)18-40-29-3-1-2-25(34-29)19-8-11-35(12-9-19)17-28-33-26-7-4-20(30(37)38)15-27(26)36(28)16-23-10-13-39-23/h1-8,14-15,23H,9-13,16-18H2,(H,37,38)/t23-/m0/s1. The van der Waals surface area contributed by atoms with Gasteiger partial charge in [-0.2, -0.15) is 0 Å². The van der Waals surface area contributed by atoms with Crippen molar-refractivity contribution in [3.63, 3.8) is 0 Å². The summed E-state index contributed by atoms with van der Waals surface area (Å²) in [5.41, 5.74) is 4.18. The molecule has 1 N–H and O–H groups in total. The minimum absolute atomic E-state index is 0.0382. The van der Waals surface area contributed by atoms with Crippen molar-refractivity contribution in [2.24, 2.45) is 0 Å². The number of carboxylic acids is 1. The van der Waals surface area contributed by atoms with Crippen molar-refractivity contribution in [1.82, 2.24) is 19.4 Å². The van der Waals surface area contributed by atoms with E-state index >= 15 is 0 Å². The van der Waals surface area contributed by atoms with Gasteiger partial charge in [0.05, 0.1) is 41.5 Å². The summed E-state index contributed by atoms with van der Waals surface area (Å²) in [4.78, 5) is 23.4. The average molecular weight is 563 g/mol. The molecule has 2 aromatic carbocycles. The van der Waals surface area contributed by atoms with Crippen LogP contribution in [-0.4, -0.2) is 56.3 Å². The topological polar surface area (TPSA) is 89.7 Å². The van der Waals surface area contributed by atoms with Crippen LogP contribution in [0.3, 0.4) is 0 Å². The Balaban J connectivity index is 1.15. The number of hydrogen-bond acceptors (Lipinski definition) is 6. The van der Waals surface area contributed by atoms with Crippen LogP contribution in [-0.2, 0) is 24.4 Å². The predicted molar refractivity (Wildman–Crippen MR) is 149 cm³/mol. The number of nitrogens with zero attached hydrogens (tertiary/aromatic N) is 4. The number of pyridine rings is 1. The third-order valence-corrected chi connectivity index (χ3v) is 7.58. The molecular formula is C30H28ClFN4O4. The lowest BCUT2D eigenvalue weighted by Crippen LogP contribution is -2.33. The molecule has 206 valence electrons. The highest BCUT2D eigenvalue weighted by molar-refractivity contribution is 6.30. The normalized spacial score (nSPS) is 17.4. The Hall–Kier alpha value is -3.79. The van der Waals surface area contributed by atoms with E-state index in [9.17, 15) is 14.3 Å². The first-order valence-corrected chi connectivity index (χ1v) is 13.6. The highest BCUT2D eigenvalue weighted by atomic mass is 35.5. The maximum absolute atomic E-state index is 14.0. The fraction of sp³-hybridized carbons (Fsp3) is 0.300. The second-order valence-electron chi connectivity index (χ2n) is 10.0. The molecule has 0 amide bonds. The summed E-state index contributed by atoms with van der Waals surface area (Å²) >= 11 is 5.98. The Bertz CT molecular complexity index is 1600. The molecule has 0 saturated carbocycles. The molecule has 0 bridgehead atoms. The molecule has 4 aromatic rings. The molecule has 0 unspecified atom stereocenters. The van der Waals surface area contributed by atoms with Crippen molar-refractivity contribution in [2.45, 2.75) is 38.6 Å². The largest absolute Gasteiger partial charge is 0.478 e. The fourth-order valence-corrected chi connectivity index (χ4v) is 5.22. The molecule has 2 aliphatic heterocycles. The monoisotopic (exact) mass is 562 g/mol. The lowest BCUT2D eigenvalue weighted by atomic mass is 10.0. The van der Waals surface area contributed by atoms with Crippen LogP contribution < -0.4 is 4.74 Å². The van der Waals surface area contributed by atoms with Crippen molar-refractivity contribution in [2.75, 3.05) is 19.7 Å². The molecule has 1 atom stereocenters. The summed E-state index contributed by atoms with van der Waals surface area (Å²) in [5.74, 6) is -0.00396. The number of carbonyl (C=O) groups is 1. The quantitative estimate of drug-likeness (QED) is 0.285. The summed E-state index contributed by atoms with van der Waals surface area (Å²) in [7, 11) is 0. The van der Waals surface area contributed by atoms with Crippen LogP contribution in [0.5, 0.6) is 5.88 Å². The molecule has 0 aliphatic carbocycles. The second kappa shape index (κ2) is 11.4. The molecule has 0 radical (unpaired) electrons. The third kappa shape index (κ3) is 5.72. The van der Waals surface area contributed by atoms with E-state index in [2.05, 4.69) is 20.5 Å². The van der Waals surface area contributed by atoms with Gasteiger partial charge in [0.15, 0.2) is 0 Å². The van der Waals surface area contributed by atoms with Crippen LogP contribution in [0.15, 0.2) is 60.7 Å². The van der Waals surface area contributed by atoms with Crippen LogP contribution in [0.2, 0.25) is 5.02 Å². The first kappa shape index (κ1) is 26.4. The minimum atomic E-state index is -0.954. The van der Waals surface area contributed by atoms with Gasteiger partial charge in [0.1, 0.15) is 18.2 Å². The van der Waals surface area contributed by atoms with Gasteiger partial charge in [-0.05, 0) is 60.9 Å². The lowest BCUT2D eigenvalue weighted by molar-refractivity contribution is -0.0591. The van der Waals surface area contributed by atoms with Gasteiger partial charge in [-0.3, -0.25) is 4.90 Å². The number of ether oxygens (including phenoxy) is 2. The number of carboxylic acid groups (broad SMARTS) is 1. The summed E-state index contributed by atoms with van der Waals surface area (Å²) in [5, 5.41) is 9.93. The van der Waals surface area contributed by atoms with Crippen LogP contribution in [0, 0.1) is 5.82 Å². The zero-order valence-electron chi connectivity index (χ0n) is 21.7. The predicted octanol–water partition coefficient (Wildman–Crippen LogP) is 5.58. The Morgan fingerprint density at radius 3 is 2.80 bits per heavy atom. The number of fused-ring (bicyclic) bond motifs is 1. The van der Waals surface area contributed by atoms with Gasteiger partial charge in [0, 0.05) is 36.3 Å². The first-order chi connectivity index (χ1) is 19.4. The molecule has 8 nitrogen and oxygen atoms in total. The lowest BCUT2D eigenvalue weighted by Gasteiger charge is -2.29. The number of halogens is 2. The minimum Gasteiger partial charge on any atom is -0.478 e. The van der Waals surface area contributed by atoms with Crippen molar-refractivity contribution < 1.29 is 23.8 Å². The van der Waals surface area contributed by atoms with Crippen LogP contribution in [0.4, 0.5) is 4.39 Å². The van der Waals surface area contributed by atoms with Crippen molar-refractivity contribution in [1.29, 1.82) is 0 Å². The van der Waals surface area contributed by atoms with Crippen LogP contribution in [0.25, 0.3) is 16.6 Å². The van der Waals surface area contributed by atoms with E-state index in [1.807, 2.05) is 12.1 Å². The maximum Gasteiger partial charge on any atom is 0.335 e. The molecule has 2 aliphatic rings. The fourth-order valence-electron chi connectivity index (χ4n) is 5.03. The second-order valence-corrected chi connectivity index (χ2v) is 10.5. The zero-order chi connectivity index (χ0) is 27.6. The van der Waals surface area contributed by atoms with Gasteiger partial charge < -0.3 is 19.1 Å². The van der Waals surface area contributed by atoms with E-state index in [1.165, 1.54) is 12.1 Å². The summed E-state index contributed by atoms with van der Waals surface area (Å²) in [6, 6.07) is 15.0. The Kier molecular flexibility index (Phi) is 7.51. The molecule has 40 heavy (non-hydrogen) atoms. The summed E-state index contributed by atoms with van der Waals surface area (Å²) in [6.07, 6.45) is 4.07. The molecule has 4 heterocycles. The number of imidazole rings is 1. The Labute approximate surface area is 235 Å². The van der Waals surface area contributed by atoms with Gasteiger partial charge in [-0.15, -0.1) is 0 Å². The van der Waals surface area contributed by atoms with E-state index in [0.717, 1.165) is 60.7 Å². The van der Waals surface area contributed by atoms with E-state index in [0.29, 0.717) is 29.6 Å². The maximum atomic E-state index is 14.0. The number of rotatable bonds is 9. The molecule has 6 rings (SSSR count). The molecule has 1 saturated heterocycles. The molecule has 0 spiro atoms. The van der Waals surface area contributed by atoms with Crippen molar-refractivity contribution in [3.05, 3.63) is 94.2 Å². The van der Waals surface area contributed by atoms with E-state index in [4.69, 9.17) is 26.1 Å². The third-order valence-electron chi connectivity index (χ3n) is 7.35. The first-order valence-electron chi connectivity index (χ1n) is 13.2. The van der Waals surface area contributed by atoms with E-state index in [-0.39, 0.29) is 24.1 Å². The number of aromatic carboxylic acids is 1. The Morgan fingerprint density at radius 2 is 2.05 bits per heavy atom. The summed E-state index contributed by atoms with van der Waals surface area (Å²) in [6.45, 7) is 3.62. The average Bonchev–Trinajstić information content (AvgIpc) is 3.27. The Morgan fingerprint density at radius 1 is 1.18 bits per heavy atom. The summed E-state index contributed by atoms with van der Waals surface area (Å²) < 4.78 is 27.6. The van der Waals surface area contributed by atoms with Crippen molar-refractivity contribution >= 4 is 34.2 Å². The van der Waals surface area contributed by atoms with Crippen LogP contribution in [0.1, 0.15) is 40.3 Å². The smallest absolute Gasteiger partial charge is 0.335 e. The number of aromatic nitrogens is 3. The molecule has 2 aromatic heterocycles. The number of hydrogen-bond donors (Lipinski definition) is 1. The molecule has 10 heteroatoms. The van der Waals surface area contributed by atoms with E-state index < -0.39 is 5.97 Å². The van der Waals surface area contributed by atoms with E-state index in [1.54, 1.807) is 30.3 Å². The van der Waals surface area contributed by atoms with Gasteiger partial charge >= 0.3 is 5.97 Å². The highest BCUT2D eigenvalue weighted by Gasteiger charge is 2.24.